The average Bonchev–Trinajstić information content (AvgIpc) is 2.75. The molecule has 0 saturated carbocycles. The van der Waals surface area contributed by atoms with Crippen LogP contribution in [0.5, 0.6) is 0 Å². The van der Waals surface area contributed by atoms with Crippen molar-refractivity contribution in [3.8, 4) is 0 Å². The molecule has 0 bridgehead atoms. The number of benzene rings is 1. The molecule has 1 aromatic rings. The standard InChI is InChI=1S/C22H31NO8/c1-4-5-11-27-22-17(23-14(3)24)19(29-13(2)20(25)26)18-16(30-22)12-28-21(31-18)15-9-7-6-8-10-15/h6-10,13,16-19,21-22H,4-5,11-12H2,1-3H3,(H,23,24)(H,25,26)/t13-,16?,17?,18+,19?,21?,22-/m0/s1. The number of aliphatic carboxylic acids is 1. The van der Waals surface area contributed by atoms with Crippen LogP contribution in [0.15, 0.2) is 30.3 Å². The van der Waals surface area contributed by atoms with Gasteiger partial charge < -0.3 is 34.1 Å². The zero-order chi connectivity index (χ0) is 22.4. The van der Waals surface area contributed by atoms with Gasteiger partial charge in [-0.25, -0.2) is 4.79 Å². The fourth-order valence-corrected chi connectivity index (χ4v) is 3.68. The van der Waals surface area contributed by atoms with E-state index in [0.717, 1.165) is 18.4 Å². The third kappa shape index (κ3) is 6.02. The third-order valence-corrected chi connectivity index (χ3v) is 5.27. The first-order valence-electron chi connectivity index (χ1n) is 10.6. The lowest BCUT2D eigenvalue weighted by Crippen LogP contribution is -2.68. The molecular formula is C22H31NO8. The van der Waals surface area contributed by atoms with E-state index < -0.39 is 49.0 Å². The molecule has 7 atom stereocenters. The summed E-state index contributed by atoms with van der Waals surface area (Å²) in [5, 5.41) is 12.2. The number of rotatable bonds is 9. The molecule has 172 valence electrons. The summed E-state index contributed by atoms with van der Waals surface area (Å²) in [5.41, 5.74) is 0.823. The van der Waals surface area contributed by atoms with Gasteiger partial charge in [-0.1, -0.05) is 43.7 Å². The Kier molecular flexibility index (Phi) is 8.39. The predicted octanol–water partition coefficient (Wildman–Crippen LogP) is 2.01. The lowest BCUT2D eigenvalue weighted by Gasteiger charge is -2.49. The molecule has 9 heteroatoms. The van der Waals surface area contributed by atoms with Gasteiger partial charge in [-0.05, 0) is 13.3 Å². The van der Waals surface area contributed by atoms with Crippen LogP contribution in [-0.4, -0.2) is 66.9 Å². The van der Waals surface area contributed by atoms with E-state index in [2.05, 4.69) is 5.32 Å². The Hall–Kier alpha value is -2.04. The molecule has 1 amide bonds. The normalized spacial score (nSPS) is 31.5. The van der Waals surface area contributed by atoms with Gasteiger partial charge in [0.1, 0.15) is 24.4 Å². The summed E-state index contributed by atoms with van der Waals surface area (Å²) in [7, 11) is 0. The van der Waals surface area contributed by atoms with Gasteiger partial charge in [-0.3, -0.25) is 4.79 Å². The minimum Gasteiger partial charge on any atom is -0.479 e. The fraction of sp³-hybridized carbons (Fsp3) is 0.636. The Morgan fingerprint density at radius 3 is 2.65 bits per heavy atom. The maximum Gasteiger partial charge on any atom is 0.332 e. The van der Waals surface area contributed by atoms with Crippen molar-refractivity contribution in [2.24, 2.45) is 0 Å². The van der Waals surface area contributed by atoms with Crippen LogP contribution in [0.2, 0.25) is 0 Å². The van der Waals surface area contributed by atoms with Crippen molar-refractivity contribution in [2.45, 2.75) is 76.7 Å². The molecule has 3 rings (SSSR count). The highest BCUT2D eigenvalue weighted by atomic mass is 16.8. The summed E-state index contributed by atoms with van der Waals surface area (Å²) >= 11 is 0. The number of carboxylic acids is 1. The molecule has 1 aromatic carbocycles. The number of unbranched alkanes of at least 4 members (excludes halogenated alkanes) is 1. The van der Waals surface area contributed by atoms with Gasteiger partial charge in [-0.15, -0.1) is 0 Å². The fourth-order valence-electron chi connectivity index (χ4n) is 3.68. The number of carbonyl (C=O) groups is 2. The Morgan fingerprint density at radius 1 is 1.26 bits per heavy atom. The van der Waals surface area contributed by atoms with Gasteiger partial charge in [0.25, 0.3) is 0 Å². The maximum absolute atomic E-state index is 11.9. The number of nitrogens with one attached hydrogen (secondary N) is 1. The van der Waals surface area contributed by atoms with Crippen molar-refractivity contribution in [1.29, 1.82) is 0 Å². The van der Waals surface area contributed by atoms with Crippen LogP contribution in [0.1, 0.15) is 45.5 Å². The Morgan fingerprint density at radius 2 is 2.00 bits per heavy atom. The minimum absolute atomic E-state index is 0.214. The summed E-state index contributed by atoms with van der Waals surface area (Å²) in [4.78, 5) is 23.4. The monoisotopic (exact) mass is 437 g/mol. The van der Waals surface area contributed by atoms with Crippen molar-refractivity contribution in [3.05, 3.63) is 35.9 Å². The number of carbonyl (C=O) groups excluding carboxylic acids is 1. The molecule has 0 spiro atoms. The highest BCUT2D eigenvalue weighted by Crippen LogP contribution is 2.36. The zero-order valence-corrected chi connectivity index (χ0v) is 18.1. The molecule has 2 heterocycles. The van der Waals surface area contributed by atoms with Crippen LogP contribution in [-0.2, 0) is 33.3 Å². The third-order valence-electron chi connectivity index (χ3n) is 5.27. The van der Waals surface area contributed by atoms with Gasteiger partial charge in [0.05, 0.1) is 6.61 Å². The quantitative estimate of drug-likeness (QED) is 0.564. The summed E-state index contributed by atoms with van der Waals surface area (Å²) in [6.07, 6.45) is -2.85. The zero-order valence-electron chi connectivity index (χ0n) is 18.1. The maximum atomic E-state index is 11.9. The van der Waals surface area contributed by atoms with Crippen molar-refractivity contribution in [3.63, 3.8) is 0 Å². The molecule has 0 radical (unpaired) electrons. The van der Waals surface area contributed by atoms with Crippen molar-refractivity contribution < 1.29 is 38.4 Å². The summed E-state index contributed by atoms with van der Waals surface area (Å²) in [6, 6.07) is 8.67. The summed E-state index contributed by atoms with van der Waals surface area (Å²) in [6.45, 7) is 5.51. The van der Waals surface area contributed by atoms with Crippen molar-refractivity contribution in [1.82, 2.24) is 5.32 Å². The number of hydrogen-bond donors (Lipinski definition) is 2. The average molecular weight is 437 g/mol. The van der Waals surface area contributed by atoms with Gasteiger partial charge in [0, 0.05) is 19.1 Å². The van der Waals surface area contributed by atoms with E-state index in [1.165, 1.54) is 13.8 Å². The Labute approximate surface area is 181 Å². The number of amides is 1. The van der Waals surface area contributed by atoms with E-state index in [9.17, 15) is 14.7 Å². The number of hydrogen-bond acceptors (Lipinski definition) is 7. The highest BCUT2D eigenvalue weighted by molar-refractivity contribution is 5.73. The summed E-state index contributed by atoms with van der Waals surface area (Å²) in [5.74, 6) is -1.42. The first-order valence-corrected chi connectivity index (χ1v) is 10.6. The molecule has 2 N–H and O–H groups in total. The van der Waals surface area contributed by atoms with Gasteiger partial charge >= 0.3 is 5.97 Å². The smallest absolute Gasteiger partial charge is 0.332 e. The van der Waals surface area contributed by atoms with E-state index in [-0.39, 0.29) is 12.5 Å². The van der Waals surface area contributed by atoms with Crippen LogP contribution in [0.4, 0.5) is 0 Å². The van der Waals surface area contributed by atoms with Crippen LogP contribution < -0.4 is 5.32 Å². The van der Waals surface area contributed by atoms with Crippen molar-refractivity contribution >= 4 is 11.9 Å². The van der Waals surface area contributed by atoms with Crippen LogP contribution in [0.3, 0.4) is 0 Å². The molecule has 0 aromatic heterocycles. The molecule has 4 unspecified atom stereocenters. The molecule has 0 aliphatic carbocycles. The van der Waals surface area contributed by atoms with Crippen LogP contribution in [0.25, 0.3) is 0 Å². The summed E-state index contributed by atoms with van der Waals surface area (Å²) < 4.78 is 29.9. The SMILES string of the molecule is CCCCO[C@H]1OC2COC(c3ccccc3)O[C@H]2C(O[C@@H](C)C(=O)O)C1NC(C)=O. The molecule has 2 aliphatic rings. The number of ether oxygens (including phenoxy) is 5. The Balaban J connectivity index is 1.86. The largest absolute Gasteiger partial charge is 0.479 e. The molecular weight excluding hydrogens is 406 g/mol. The lowest BCUT2D eigenvalue weighted by molar-refractivity contribution is -0.350. The molecule has 9 nitrogen and oxygen atoms in total. The van der Waals surface area contributed by atoms with E-state index in [1.807, 2.05) is 37.3 Å². The number of carboxylic acid groups (broad SMARTS) is 1. The molecule has 2 fully saturated rings. The minimum atomic E-state index is -1.11. The van der Waals surface area contributed by atoms with E-state index in [0.29, 0.717) is 6.61 Å². The molecule has 2 aliphatic heterocycles. The lowest BCUT2D eigenvalue weighted by atomic mass is 9.95. The Bertz CT molecular complexity index is 729. The second-order valence-corrected chi connectivity index (χ2v) is 7.75. The van der Waals surface area contributed by atoms with Crippen LogP contribution >= 0.6 is 0 Å². The van der Waals surface area contributed by atoms with Gasteiger partial charge in [0.2, 0.25) is 5.91 Å². The van der Waals surface area contributed by atoms with E-state index >= 15 is 0 Å². The first kappa shape index (κ1) is 23.6. The van der Waals surface area contributed by atoms with Crippen LogP contribution in [0, 0.1) is 0 Å². The second-order valence-electron chi connectivity index (χ2n) is 7.75. The second kappa shape index (κ2) is 11.0. The van der Waals surface area contributed by atoms with E-state index in [4.69, 9.17) is 23.7 Å². The van der Waals surface area contributed by atoms with E-state index in [1.54, 1.807) is 0 Å². The molecule has 31 heavy (non-hydrogen) atoms. The number of fused-ring (bicyclic) bond motifs is 1. The topological polar surface area (TPSA) is 113 Å². The highest BCUT2D eigenvalue weighted by Gasteiger charge is 2.52. The molecule has 2 saturated heterocycles. The van der Waals surface area contributed by atoms with Gasteiger partial charge in [0.15, 0.2) is 18.7 Å². The predicted molar refractivity (Wildman–Crippen MR) is 109 cm³/mol. The van der Waals surface area contributed by atoms with Crippen molar-refractivity contribution in [2.75, 3.05) is 13.2 Å². The van der Waals surface area contributed by atoms with Gasteiger partial charge in [-0.2, -0.15) is 0 Å². The first-order chi connectivity index (χ1) is 14.9.